The van der Waals surface area contributed by atoms with Gasteiger partial charge in [-0.2, -0.15) is 0 Å². The molecule has 1 rings (SSSR count). The Labute approximate surface area is 145 Å². The molecule has 0 spiro atoms. The molecule has 0 aliphatic heterocycles. The van der Waals surface area contributed by atoms with Crippen LogP contribution in [0.4, 0.5) is 5.69 Å². The Bertz CT molecular complexity index is 683. The van der Waals surface area contributed by atoms with Crippen molar-refractivity contribution in [3.8, 4) is 0 Å². The number of nitrogens with one attached hydrogen (secondary N) is 2. The molecule has 0 heterocycles. The molecule has 0 aliphatic rings. The maximum absolute atomic E-state index is 12.4. The standard InChI is InChI=1S/C17H20N2O6/c1-11(20)18-13-8-5-4-7-12(13)16(22)19-14(17(23)25-3)9-6-10-15(21)24-2/h4-8,10,14H,9H2,1-3H3,(H,18,20)(H,19,22)/b10-6+/t14-/m0/s1. The van der Waals surface area contributed by atoms with Gasteiger partial charge in [-0.25, -0.2) is 9.59 Å². The zero-order valence-electron chi connectivity index (χ0n) is 14.2. The molecule has 0 aromatic heterocycles. The number of esters is 2. The van der Waals surface area contributed by atoms with E-state index in [0.717, 1.165) is 6.08 Å². The van der Waals surface area contributed by atoms with Crippen LogP contribution in [-0.4, -0.2) is 44.0 Å². The highest BCUT2D eigenvalue weighted by Gasteiger charge is 2.22. The lowest BCUT2D eigenvalue weighted by molar-refractivity contribution is -0.143. The smallest absolute Gasteiger partial charge is 0.330 e. The summed E-state index contributed by atoms with van der Waals surface area (Å²) in [5.74, 6) is -2.14. The van der Waals surface area contributed by atoms with E-state index < -0.39 is 23.9 Å². The summed E-state index contributed by atoms with van der Waals surface area (Å²) >= 11 is 0. The molecule has 8 nitrogen and oxygen atoms in total. The lowest BCUT2D eigenvalue weighted by Gasteiger charge is -2.16. The number of carbonyl (C=O) groups excluding carboxylic acids is 4. The molecule has 8 heteroatoms. The van der Waals surface area contributed by atoms with Crippen molar-refractivity contribution in [2.24, 2.45) is 0 Å². The van der Waals surface area contributed by atoms with Crippen LogP contribution in [0.3, 0.4) is 0 Å². The molecule has 2 N–H and O–H groups in total. The van der Waals surface area contributed by atoms with Crippen molar-refractivity contribution in [1.29, 1.82) is 0 Å². The van der Waals surface area contributed by atoms with Gasteiger partial charge in [-0.3, -0.25) is 9.59 Å². The molecule has 1 aromatic carbocycles. The molecule has 1 aromatic rings. The number of anilines is 1. The molecule has 25 heavy (non-hydrogen) atoms. The van der Waals surface area contributed by atoms with Gasteiger partial charge in [0.05, 0.1) is 25.5 Å². The van der Waals surface area contributed by atoms with Crippen molar-refractivity contribution < 1.29 is 28.7 Å². The highest BCUT2D eigenvalue weighted by Crippen LogP contribution is 2.15. The molecule has 0 aliphatic carbocycles. The Kier molecular flexibility index (Phi) is 7.85. The van der Waals surface area contributed by atoms with E-state index in [2.05, 4.69) is 20.1 Å². The van der Waals surface area contributed by atoms with E-state index in [9.17, 15) is 19.2 Å². The largest absolute Gasteiger partial charge is 0.467 e. The van der Waals surface area contributed by atoms with E-state index in [1.807, 2.05) is 0 Å². The fourth-order valence-electron chi connectivity index (χ4n) is 1.94. The monoisotopic (exact) mass is 348 g/mol. The van der Waals surface area contributed by atoms with Crippen LogP contribution in [0.5, 0.6) is 0 Å². The van der Waals surface area contributed by atoms with Gasteiger partial charge in [0.15, 0.2) is 0 Å². The SMILES string of the molecule is COC(=O)/C=C/C[C@H](NC(=O)c1ccccc1NC(C)=O)C(=O)OC. The van der Waals surface area contributed by atoms with Gasteiger partial charge in [0.25, 0.3) is 5.91 Å². The van der Waals surface area contributed by atoms with Crippen molar-refractivity contribution in [2.45, 2.75) is 19.4 Å². The summed E-state index contributed by atoms with van der Waals surface area (Å²) in [6.45, 7) is 1.32. The molecule has 1 atom stereocenters. The minimum Gasteiger partial charge on any atom is -0.467 e. The summed E-state index contributed by atoms with van der Waals surface area (Å²) in [5.41, 5.74) is 0.518. The van der Waals surface area contributed by atoms with Gasteiger partial charge in [0.1, 0.15) is 6.04 Å². The number of ether oxygens (including phenoxy) is 2. The summed E-state index contributed by atoms with van der Waals surface area (Å²) < 4.78 is 9.11. The number of amides is 2. The van der Waals surface area contributed by atoms with E-state index in [1.54, 1.807) is 18.2 Å². The molecule has 0 radical (unpaired) electrons. The molecular formula is C17H20N2O6. The van der Waals surface area contributed by atoms with E-state index in [4.69, 9.17) is 0 Å². The first-order chi connectivity index (χ1) is 11.9. The molecule has 0 saturated carbocycles. The highest BCUT2D eigenvalue weighted by molar-refractivity contribution is 6.04. The number of carbonyl (C=O) groups is 4. The third-order valence-electron chi connectivity index (χ3n) is 3.10. The number of methoxy groups -OCH3 is 2. The minimum absolute atomic E-state index is 0.0375. The van der Waals surface area contributed by atoms with Gasteiger partial charge < -0.3 is 20.1 Å². The maximum Gasteiger partial charge on any atom is 0.330 e. The van der Waals surface area contributed by atoms with Crippen LogP contribution in [-0.2, 0) is 23.9 Å². The lowest BCUT2D eigenvalue weighted by Crippen LogP contribution is -2.41. The van der Waals surface area contributed by atoms with Crippen molar-refractivity contribution >= 4 is 29.4 Å². The Hall–Kier alpha value is -3.16. The Balaban J connectivity index is 2.92. The number of hydrogen-bond donors (Lipinski definition) is 2. The van der Waals surface area contributed by atoms with E-state index in [1.165, 1.54) is 33.3 Å². The Morgan fingerprint density at radius 1 is 1.12 bits per heavy atom. The number of rotatable bonds is 7. The van der Waals surface area contributed by atoms with Crippen LogP contribution < -0.4 is 10.6 Å². The summed E-state index contributed by atoms with van der Waals surface area (Å²) in [7, 11) is 2.42. The zero-order chi connectivity index (χ0) is 18.8. The zero-order valence-corrected chi connectivity index (χ0v) is 14.2. The summed E-state index contributed by atoms with van der Waals surface area (Å²) in [4.78, 5) is 46.6. The Morgan fingerprint density at radius 2 is 1.80 bits per heavy atom. The second kappa shape index (κ2) is 9.86. The van der Waals surface area contributed by atoms with Crippen LogP contribution in [0.2, 0.25) is 0 Å². The first kappa shape index (κ1) is 19.9. The van der Waals surface area contributed by atoms with Gasteiger partial charge in [-0.15, -0.1) is 0 Å². The first-order valence-electron chi connectivity index (χ1n) is 7.38. The predicted octanol–water partition coefficient (Wildman–Crippen LogP) is 1.04. The van der Waals surface area contributed by atoms with Crippen LogP contribution in [0.25, 0.3) is 0 Å². The van der Waals surface area contributed by atoms with Crippen molar-refractivity contribution in [1.82, 2.24) is 5.32 Å². The first-order valence-corrected chi connectivity index (χ1v) is 7.38. The van der Waals surface area contributed by atoms with Gasteiger partial charge in [-0.1, -0.05) is 18.2 Å². The van der Waals surface area contributed by atoms with Crippen molar-refractivity contribution in [2.75, 3.05) is 19.5 Å². The van der Waals surface area contributed by atoms with Gasteiger partial charge >= 0.3 is 11.9 Å². The Morgan fingerprint density at radius 3 is 2.40 bits per heavy atom. The van der Waals surface area contributed by atoms with E-state index >= 15 is 0 Å². The van der Waals surface area contributed by atoms with E-state index in [0.29, 0.717) is 5.69 Å². The lowest BCUT2D eigenvalue weighted by atomic mass is 10.1. The molecule has 0 bridgehead atoms. The normalized spacial score (nSPS) is 11.5. The molecule has 0 unspecified atom stereocenters. The third-order valence-corrected chi connectivity index (χ3v) is 3.10. The molecule has 0 saturated heterocycles. The molecular weight excluding hydrogens is 328 g/mol. The quantitative estimate of drug-likeness (QED) is 0.562. The fourth-order valence-corrected chi connectivity index (χ4v) is 1.94. The minimum atomic E-state index is -0.996. The van der Waals surface area contributed by atoms with Crippen LogP contribution >= 0.6 is 0 Å². The summed E-state index contributed by atoms with van der Waals surface area (Å²) in [6, 6.07) is 5.38. The predicted molar refractivity (Wildman–Crippen MR) is 89.8 cm³/mol. The van der Waals surface area contributed by atoms with E-state index in [-0.39, 0.29) is 17.9 Å². The average molecular weight is 348 g/mol. The van der Waals surface area contributed by atoms with Crippen molar-refractivity contribution in [3.63, 3.8) is 0 Å². The van der Waals surface area contributed by atoms with Crippen LogP contribution in [0, 0.1) is 0 Å². The summed E-state index contributed by atoms with van der Waals surface area (Å²) in [5, 5.41) is 5.07. The van der Waals surface area contributed by atoms with Gasteiger partial charge in [-0.05, 0) is 18.6 Å². The van der Waals surface area contributed by atoms with Crippen molar-refractivity contribution in [3.05, 3.63) is 42.0 Å². The second-order valence-electron chi connectivity index (χ2n) is 4.94. The summed E-state index contributed by atoms with van der Waals surface area (Å²) in [6.07, 6.45) is 2.58. The third kappa shape index (κ3) is 6.46. The second-order valence-corrected chi connectivity index (χ2v) is 4.94. The maximum atomic E-state index is 12.4. The number of hydrogen-bond acceptors (Lipinski definition) is 6. The van der Waals surface area contributed by atoms with Crippen LogP contribution in [0.15, 0.2) is 36.4 Å². The molecule has 2 amide bonds. The fraction of sp³-hybridized carbons (Fsp3) is 0.294. The van der Waals surface area contributed by atoms with Gasteiger partial charge in [0.2, 0.25) is 5.91 Å². The van der Waals surface area contributed by atoms with Crippen LogP contribution in [0.1, 0.15) is 23.7 Å². The molecule has 0 fully saturated rings. The highest BCUT2D eigenvalue weighted by atomic mass is 16.5. The van der Waals surface area contributed by atoms with Gasteiger partial charge in [0, 0.05) is 13.0 Å². The average Bonchev–Trinajstić information content (AvgIpc) is 2.59. The topological polar surface area (TPSA) is 111 Å². The number of benzene rings is 1. The molecule has 134 valence electrons. The number of para-hydroxylation sites is 1.